The Bertz CT molecular complexity index is 957. The van der Waals surface area contributed by atoms with Crippen LogP contribution in [0.3, 0.4) is 0 Å². The Morgan fingerprint density at radius 1 is 1.10 bits per heavy atom. The molecule has 0 saturated carbocycles. The van der Waals surface area contributed by atoms with Crippen molar-refractivity contribution < 1.29 is 14.5 Å². The lowest BCUT2D eigenvalue weighted by molar-refractivity contribution is -0.153. The molecule has 0 aliphatic carbocycles. The minimum atomic E-state index is -0.515. The summed E-state index contributed by atoms with van der Waals surface area (Å²) in [6.07, 6.45) is 3.08. The lowest BCUT2D eigenvalue weighted by Crippen LogP contribution is -2.45. The molecule has 0 atom stereocenters. The second kappa shape index (κ2) is 8.54. The number of nitrogens with zero attached hydrogens (tertiary/aromatic N) is 1. The summed E-state index contributed by atoms with van der Waals surface area (Å²) in [6, 6.07) is 15.5. The molecule has 0 aromatic heterocycles. The Hall–Kier alpha value is -2.54. The van der Waals surface area contributed by atoms with Gasteiger partial charge in [-0.15, -0.1) is 5.06 Å². The van der Waals surface area contributed by atoms with Crippen LogP contribution in [0.25, 0.3) is 5.70 Å². The number of hydrogen-bond donors (Lipinski definition) is 2. The van der Waals surface area contributed by atoms with Gasteiger partial charge < -0.3 is 4.84 Å². The van der Waals surface area contributed by atoms with Crippen LogP contribution in [0.2, 0.25) is 5.02 Å². The molecule has 2 heterocycles. The Morgan fingerprint density at radius 2 is 1.74 bits per heavy atom. The van der Waals surface area contributed by atoms with Gasteiger partial charge in [-0.05, 0) is 59.7 Å². The number of carbonyl (C=O) groups is 1. The van der Waals surface area contributed by atoms with Crippen LogP contribution >= 0.6 is 11.6 Å². The smallest absolute Gasteiger partial charge is 0.351 e. The summed E-state index contributed by atoms with van der Waals surface area (Å²) < 4.78 is 0. The third-order valence-corrected chi connectivity index (χ3v) is 5.96. The van der Waals surface area contributed by atoms with Gasteiger partial charge in [0.05, 0.1) is 5.70 Å². The van der Waals surface area contributed by atoms with Crippen molar-refractivity contribution in [3.63, 3.8) is 0 Å². The summed E-state index contributed by atoms with van der Waals surface area (Å²) in [4.78, 5) is 23.6. The second-order valence-electron chi connectivity index (χ2n) is 9.09. The monoisotopic (exact) mass is 441 g/mol. The maximum Gasteiger partial charge on any atom is 0.430 e. The molecule has 6 nitrogen and oxygen atoms in total. The fourth-order valence-electron chi connectivity index (χ4n) is 3.76. The number of nitrogens with one attached hydrogen (secondary N) is 2. The number of anilines is 1. The van der Waals surface area contributed by atoms with E-state index in [-0.39, 0.29) is 11.0 Å². The normalized spacial score (nSPS) is 18.4. The van der Waals surface area contributed by atoms with Gasteiger partial charge in [0.25, 0.3) is 0 Å². The highest BCUT2D eigenvalue weighted by atomic mass is 35.5. The van der Waals surface area contributed by atoms with Crippen LogP contribution in [0.15, 0.2) is 54.6 Å². The lowest BCUT2D eigenvalue weighted by Gasteiger charge is -2.35. The van der Waals surface area contributed by atoms with Gasteiger partial charge in [-0.3, -0.25) is 15.6 Å². The molecule has 0 unspecified atom stereocenters. The van der Waals surface area contributed by atoms with E-state index in [1.165, 1.54) is 5.56 Å². The lowest BCUT2D eigenvalue weighted by atomic mass is 9.86. The third-order valence-electron chi connectivity index (χ3n) is 5.70. The van der Waals surface area contributed by atoms with Crippen LogP contribution in [0.5, 0.6) is 0 Å². The Balaban J connectivity index is 1.32. The highest BCUT2D eigenvalue weighted by Gasteiger charge is 2.39. The zero-order valence-electron chi connectivity index (χ0n) is 18.1. The molecule has 2 aromatic carbocycles. The maximum atomic E-state index is 12.1. The molecule has 1 saturated heterocycles. The van der Waals surface area contributed by atoms with Crippen molar-refractivity contribution >= 4 is 29.1 Å². The number of halogens is 1. The Labute approximate surface area is 188 Å². The first kappa shape index (κ1) is 21.7. The average Bonchev–Trinajstić information content (AvgIpc) is 3.15. The van der Waals surface area contributed by atoms with E-state index in [9.17, 15) is 4.79 Å². The van der Waals surface area contributed by atoms with E-state index in [1.807, 2.05) is 0 Å². The Kier molecular flexibility index (Phi) is 5.97. The van der Waals surface area contributed by atoms with Gasteiger partial charge in [0.2, 0.25) is 0 Å². The molecule has 4 rings (SSSR count). The van der Waals surface area contributed by atoms with Gasteiger partial charge >= 0.3 is 6.09 Å². The first-order valence-corrected chi connectivity index (χ1v) is 10.9. The summed E-state index contributed by atoms with van der Waals surface area (Å²) in [5.74, 6) is 0. The summed E-state index contributed by atoms with van der Waals surface area (Å²) in [5.41, 5.74) is 6.86. The highest BCUT2D eigenvalue weighted by molar-refractivity contribution is 6.30. The number of carbonyl (C=O) groups excluding carboxylic acids is 1. The van der Waals surface area contributed by atoms with E-state index in [0.29, 0.717) is 23.8 Å². The molecule has 31 heavy (non-hydrogen) atoms. The molecule has 0 radical (unpaired) electrons. The van der Waals surface area contributed by atoms with Gasteiger partial charge in [-0.25, -0.2) is 4.79 Å². The molecule has 164 valence electrons. The first-order valence-electron chi connectivity index (χ1n) is 10.5. The number of hydrogen-bond acceptors (Lipinski definition) is 5. The van der Waals surface area contributed by atoms with E-state index in [1.54, 1.807) is 29.3 Å². The number of piperidine rings is 1. The van der Waals surface area contributed by atoms with Crippen LogP contribution in [-0.2, 0) is 15.1 Å². The van der Waals surface area contributed by atoms with Gasteiger partial charge in [0, 0.05) is 23.8 Å². The van der Waals surface area contributed by atoms with Crippen molar-refractivity contribution in [2.24, 2.45) is 0 Å². The molecule has 2 N–H and O–H groups in total. The fourth-order valence-corrected chi connectivity index (χ4v) is 3.89. The molecule has 2 aliphatic heterocycles. The first-order chi connectivity index (χ1) is 14.7. The average molecular weight is 442 g/mol. The van der Waals surface area contributed by atoms with Crippen molar-refractivity contribution in [3.05, 3.63) is 70.8 Å². The number of amides is 1. The van der Waals surface area contributed by atoms with E-state index in [0.717, 1.165) is 24.1 Å². The van der Waals surface area contributed by atoms with Crippen LogP contribution in [-0.4, -0.2) is 29.8 Å². The molecular formula is C24H28ClN3O3. The van der Waals surface area contributed by atoms with E-state index in [4.69, 9.17) is 21.3 Å². The van der Waals surface area contributed by atoms with Crippen molar-refractivity contribution in [3.8, 4) is 0 Å². The van der Waals surface area contributed by atoms with E-state index < -0.39 is 6.09 Å². The standard InChI is InChI=1S/C24H28ClN3O3/c1-23(2,3)18-6-4-17(5-7-18)21-16-24(31-27-21)12-14-28(15-13-24)30-22(29)26-20-10-8-19(25)9-11-20/h4-11,16,27H,12-15H2,1-3H3,(H,26,29). The van der Waals surface area contributed by atoms with Crippen LogP contribution < -0.4 is 10.8 Å². The van der Waals surface area contributed by atoms with Gasteiger partial charge in [-0.2, -0.15) is 0 Å². The maximum absolute atomic E-state index is 12.1. The topological polar surface area (TPSA) is 62.8 Å². The molecular weight excluding hydrogens is 414 g/mol. The largest absolute Gasteiger partial charge is 0.430 e. The van der Waals surface area contributed by atoms with Crippen molar-refractivity contribution in [1.29, 1.82) is 0 Å². The predicted octanol–water partition coefficient (Wildman–Crippen LogP) is 5.51. The SMILES string of the molecule is CC(C)(C)c1ccc(C2=CC3(CCN(OC(=O)Nc4ccc(Cl)cc4)CC3)ON2)cc1. The predicted molar refractivity (Wildman–Crippen MR) is 122 cm³/mol. The summed E-state index contributed by atoms with van der Waals surface area (Å²) >= 11 is 5.86. The van der Waals surface area contributed by atoms with Crippen molar-refractivity contribution in [2.75, 3.05) is 18.4 Å². The second-order valence-corrected chi connectivity index (χ2v) is 9.53. The zero-order chi connectivity index (χ0) is 22.1. The highest BCUT2D eigenvalue weighted by Crippen LogP contribution is 2.35. The quantitative estimate of drug-likeness (QED) is 0.657. The van der Waals surface area contributed by atoms with E-state index >= 15 is 0 Å². The minimum absolute atomic E-state index is 0.125. The molecule has 2 aliphatic rings. The van der Waals surface area contributed by atoms with Crippen molar-refractivity contribution in [1.82, 2.24) is 10.5 Å². The molecule has 7 heteroatoms. The van der Waals surface area contributed by atoms with Gasteiger partial charge in [-0.1, -0.05) is 56.6 Å². The van der Waals surface area contributed by atoms with Crippen molar-refractivity contribution in [2.45, 2.75) is 44.6 Å². The minimum Gasteiger partial charge on any atom is -0.351 e. The summed E-state index contributed by atoms with van der Waals surface area (Å²) in [6.45, 7) is 7.79. The number of hydroxylamine groups is 3. The third kappa shape index (κ3) is 5.21. The van der Waals surface area contributed by atoms with Gasteiger partial charge in [0.15, 0.2) is 0 Å². The number of rotatable bonds is 3. The molecule has 1 amide bonds. The zero-order valence-corrected chi connectivity index (χ0v) is 18.8. The molecule has 1 spiro atoms. The fraction of sp³-hybridized carbons (Fsp3) is 0.375. The van der Waals surface area contributed by atoms with E-state index in [2.05, 4.69) is 61.9 Å². The Morgan fingerprint density at radius 3 is 2.35 bits per heavy atom. The molecule has 1 fully saturated rings. The summed E-state index contributed by atoms with van der Waals surface area (Å²) in [5, 5.41) is 4.99. The van der Waals surface area contributed by atoms with Crippen LogP contribution in [0, 0.1) is 0 Å². The van der Waals surface area contributed by atoms with Crippen LogP contribution in [0.1, 0.15) is 44.7 Å². The molecule has 0 bridgehead atoms. The number of benzene rings is 2. The van der Waals surface area contributed by atoms with Crippen LogP contribution in [0.4, 0.5) is 10.5 Å². The molecule has 2 aromatic rings. The van der Waals surface area contributed by atoms with Gasteiger partial charge in [0.1, 0.15) is 5.60 Å². The summed E-state index contributed by atoms with van der Waals surface area (Å²) in [7, 11) is 0.